The number of anilines is 1. The molecule has 0 fully saturated rings. The van der Waals surface area contributed by atoms with Gasteiger partial charge in [0.2, 0.25) is 5.91 Å². The van der Waals surface area contributed by atoms with Gasteiger partial charge in [-0.15, -0.1) is 11.3 Å². The van der Waals surface area contributed by atoms with Crippen molar-refractivity contribution in [2.75, 3.05) is 32.8 Å². The molecule has 0 radical (unpaired) electrons. The zero-order valence-electron chi connectivity index (χ0n) is 16.1. The summed E-state index contributed by atoms with van der Waals surface area (Å²) < 4.78 is 21.8. The average Bonchev–Trinajstić information content (AvgIpc) is 3.21. The van der Waals surface area contributed by atoms with Crippen molar-refractivity contribution in [3.8, 4) is 34.3 Å². The second-order valence-electron chi connectivity index (χ2n) is 6.31. The first-order valence-electron chi connectivity index (χ1n) is 9.02. The van der Waals surface area contributed by atoms with Crippen molar-refractivity contribution >= 4 is 22.4 Å². The third-order valence-electron chi connectivity index (χ3n) is 4.40. The van der Waals surface area contributed by atoms with Crippen molar-refractivity contribution in [1.82, 2.24) is 4.98 Å². The van der Waals surface area contributed by atoms with Crippen LogP contribution in [0.4, 0.5) is 5.13 Å². The highest BCUT2D eigenvalue weighted by Crippen LogP contribution is 2.35. The number of rotatable bonds is 6. The van der Waals surface area contributed by atoms with Gasteiger partial charge in [-0.05, 0) is 35.9 Å². The smallest absolute Gasteiger partial charge is 0.230 e. The number of hydrogen-bond donors (Lipinski definition) is 1. The summed E-state index contributed by atoms with van der Waals surface area (Å²) in [6.07, 6.45) is 0.216. The average molecular weight is 412 g/mol. The number of hydrogen-bond acceptors (Lipinski definition) is 7. The molecule has 1 aromatic heterocycles. The van der Waals surface area contributed by atoms with E-state index in [4.69, 9.17) is 18.9 Å². The molecule has 1 amide bonds. The summed E-state index contributed by atoms with van der Waals surface area (Å²) in [7, 11) is 3.21. The summed E-state index contributed by atoms with van der Waals surface area (Å²) in [5.41, 5.74) is 2.36. The number of aromatic nitrogens is 1. The first-order valence-corrected chi connectivity index (χ1v) is 9.90. The lowest BCUT2D eigenvalue weighted by molar-refractivity contribution is -0.115. The summed E-state index contributed by atoms with van der Waals surface area (Å²) in [6.45, 7) is 1.05. The number of fused-ring (bicyclic) bond motifs is 1. The van der Waals surface area contributed by atoms with Crippen molar-refractivity contribution in [1.29, 1.82) is 0 Å². The Balaban J connectivity index is 1.46. The van der Waals surface area contributed by atoms with E-state index in [9.17, 15) is 4.79 Å². The molecule has 0 spiro atoms. The second-order valence-corrected chi connectivity index (χ2v) is 7.17. The quantitative estimate of drug-likeness (QED) is 0.664. The van der Waals surface area contributed by atoms with Gasteiger partial charge in [-0.3, -0.25) is 4.79 Å². The van der Waals surface area contributed by atoms with Crippen LogP contribution >= 0.6 is 11.3 Å². The third-order valence-corrected chi connectivity index (χ3v) is 5.16. The Kier molecular flexibility index (Phi) is 5.53. The van der Waals surface area contributed by atoms with Crippen molar-refractivity contribution in [2.24, 2.45) is 0 Å². The van der Waals surface area contributed by atoms with Crippen LogP contribution in [-0.2, 0) is 11.2 Å². The molecule has 0 aliphatic carbocycles. The van der Waals surface area contributed by atoms with E-state index in [1.165, 1.54) is 11.3 Å². The highest BCUT2D eigenvalue weighted by atomic mass is 32.1. The van der Waals surface area contributed by atoms with Crippen LogP contribution in [0.15, 0.2) is 41.8 Å². The van der Waals surface area contributed by atoms with Crippen molar-refractivity contribution < 1.29 is 23.7 Å². The van der Waals surface area contributed by atoms with Crippen LogP contribution < -0.4 is 24.3 Å². The van der Waals surface area contributed by atoms with Gasteiger partial charge in [0, 0.05) is 10.9 Å². The molecule has 1 aliphatic heterocycles. The second kappa shape index (κ2) is 8.40. The highest BCUT2D eigenvalue weighted by molar-refractivity contribution is 7.14. The van der Waals surface area contributed by atoms with E-state index in [2.05, 4.69) is 10.3 Å². The largest absolute Gasteiger partial charge is 0.497 e. The van der Waals surface area contributed by atoms with Gasteiger partial charge in [0.15, 0.2) is 16.6 Å². The molecule has 0 saturated heterocycles. The van der Waals surface area contributed by atoms with E-state index in [-0.39, 0.29) is 12.3 Å². The molecule has 0 saturated carbocycles. The van der Waals surface area contributed by atoms with Crippen LogP contribution in [0.5, 0.6) is 23.0 Å². The van der Waals surface area contributed by atoms with Gasteiger partial charge in [-0.1, -0.05) is 6.07 Å². The maximum Gasteiger partial charge on any atom is 0.230 e. The zero-order valence-corrected chi connectivity index (χ0v) is 16.9. The Labute approximate surface area is 172 Å². The van der Waals surface area contributed by atoms with Gasteiger partial charge in [0.25, 0.3) is 0 Å². The van der Waals surface area contributed by atoms with Gasteiger partial charge in [-0.25, -0.2) is 4.98 Å². The van der Waals surface area contributed by atoms with Crippen LogP contribution in [0.2, 0.25) is 0 Å². The number of amides is 1. The van der Waals surface area contributed by atoms with Gasteiger partial charge in [-0.2, -0.15) is 0 Å². The fraction of sp³-hybridized carbons (Fsp3) is 0.238. The molecule has 0 atom stereocenters. The minimum absolute atomic E-state index is 0.153. The molecule has 150 valence electrons. The lowest BCUT2D eigenvalue weighted by atomic mass is 10.1. The number of benzene rings is 2. The summed E-state index contributed by atoms with van der Waals surface area (Å²) in [5, 5.41) is 5.24. The van der Waals surface area contributed by atoms with Crippen LogP contribution in [0, 0.1) is 0 Å². The van der Waals surface area contributed by atoms with Crippen molar-refractivity contribution in [3.63, 3.8) is 0 Å². The van der Waals surface area contributed by atoms with E-state index in [1.54, 1.807) is 14.2 Å². The molecule has 7 nitrogen and oxygen atoms in total. The number of thiazole rings is 1. The topological polar surface area (TPSA) is 78.9 Å². The molecule has 4 rings (SSSR count). The van der Waals surface area contributed by atoms with Crippen molar-refractivity contribution in [2.45, 2.75) is 6.42 Å². The number of nitrogens with one attached hydrogen (secondary N) is 1. The van der Waals surface area contributed by atoms with Crippen LogP contribution in [0.1, 0.15) is 5.56 Å². The van der Waals surface area contributed by atoms with Gasteiger partial charge in [0.1, 0.15) is 24.7 Å². The zero-order chi connectivity index (χ0) is 20.2. The molecule has 0 bridgehead atoms. The standard InChI is InChI=1S/C21H20N2O5S/c1-25-14-4-6-17(26-2)15(11-14)16-12-29-21(22-16)23-20(24)10-13-3-5-18-19(9-13)28-8-7-27-18/h3-6,9,11-12H,7-8,10H2,1-2H3,(H,22,23,24). The van der Waals surface area contributed by atoms with E-state index in [0.29, 0.717) is 47.0 Å². The first kappa shape index (κ1) is 19.1. The maximum absolute atomic E-state index is 12.5. The molecule has 2 heterocycles. The Hall–Kier alpha value is -3.26. The first-order chi connectivity index (χ1) is 14.2. The van der Waals surface area contributed by atoms with Crippen LogP contribution in [0.25, 0.3) is 11.3 Å². The molecular weight excluding hydrogens is 392 g/mol. The summed E-state index contributed by atoms with van der Waals surface area (Å²) in [4.78, 5) is 17.0. The molecule has 1 N–H and O–H groups in total. The van der Waals surface area contributed by atoms with Crippen molar-refractivity contribution in [3.05, 3.63) is 47.3 Å². The SMILES string of the molecule is COc1ccc(OC)c(-c2csc(NC(=O)Cc3ccc4c(c3)OCCO4)n2)c1. The van der Waals surface area contributed by atoms with E-state index in [1.807, 2.05) is 41.8 Å². The molecule has 2 aromatic carbocycles. The Morgan fingerprint density at radius 1 is 1.10 bits per heavy atom. The normalized spacial score (nSPS) is 12.3. The maximum atomic E-state index is 12.5. The number of nitrogens with zero attached hydrogens (tertiary/aromatic N) is 1. The van der Waals surface area contributed by atoms with Crippen LogP contribution in [-0.4, -0.2) is 38.3 Å². The minimum atomic E-state index is -0.153. The van der Waals surface area contributed by atoms with E-state index in [0.717, 1.165) is 11.1 Å². The van der Waals surface area contributed by atoms with E-state index >= 15 is 0 Å². The summed E-state index contributed by atoms with van der Waals surface area (Å²) in [5.74, 6) is 2.61. The third kappa shape index (κ3) is 4.27. The molecule has 8 heteroatoms. The lowest BCUT2D eigenvalue weighted by Gasteiger charge is -2.18. The Morgan fingerprint density at radius 2 is 1.93 bits per heavy atom. The van der Waals surface area contributed by atoms with Gasteiger partial charge >= 0.3 is 0 Å². The molecule has 3 aromatic rings. The molecule has 1 aliphatic rings. The predicted octanol–water partition coefficient (Wildman–Crippen LogP) is 3.78. The summed E-state index contributed by atoms with van der Waals surface area (Å²) in [6, 6.07) is 11.0. The predicted molar refractivity (Wildman–Crippen MR) is 110 cm³/mol. The fourth-order valence-corrected chi connectivity index (χ4v) is 3.74. The number of ether oxygens (including phenoxy) is 4. The van der Waals surface area contributed by atoms with E-state index < -0.39 is 0 Å². The Morgan fingerprint density at radius 3 is 2.72 bits per heavy atom. The lowest BCUT2D eigenvalue weighted by Crippen LogP contribution is -2.17. The molecular formula is C21H20N2O5S. The van der Waals surface area contributed by atoms with Gasteiger partial charge < -0.3 is 24.3 Å². The Bertz CT molecular complexity index is 1030. The van der Waals surface area contributed by atoms with Gasteiger partial charge in [0.05, 0.1) is 26.3 Å². The minimum Gasteiger partial charge on any atom is -0.497 e. The monoisotopic (exact) mass is 412 g/mol. The number of carbonyl (C=O) groups excluding carboxylic acids is 1. The number of methoxy groups -OCH3 is 2. The highest BCUT2D eigenvalue weighted by Gasteiger charge is 2.15. The molecule has 0 unspecified atom stereocenters. The molecule has 29 heavy (non-hydrogen) atoms. The number of carbonyl (C=O) groups is 1. The summed E-state index contributed by atoms with van der Waals surface area (Å²) >= 11 is 1.35. The fourth-order valence-electron chi connectivity index (χ4n) is 3.02. The van der Waals surface area contributed by atoms with Crippen LogP contribution in [0.3, 0.4) is 0 Å².